The number of hydrogen-bond donors (Lipinski definition) is 1. The van der Waals surface area contributed by atoms with Crippen molar-refractivity contribution in [3.8, 4) is 5.75 Å². The lowest BCUT2D eigenvalue weighted by Crippen LogP contribution is -2.46. The molecule has 3 rings (SSSR count). The van der Waals surface area contributed by atoms with E-state index in [9.17, 15) is 9.18 Å². The minimum atomic E-state index is -0.730. The third-order valence-corrected chi connectivity index (χ3v) is 4.74. The van der Waals surface area contributed by atoms with E-state index < -0.39 is 5.97 Å². The molecule has 0 saturated carbocycles. The largest absolute Gasteiger partial charge is 0.489 e. The molecule has 1 aliphatic heterocycles. The number of nitrogens with zero attached hydrogens (tertiary/aromatic N) is 2. The Morgan fingerprint density at radius 2 is 1.81 bits per heavy atom. The van der Waals surface area contributed by atoms with Crippen LogP contribution in [-0.2, 0) is 11.4 Å². The topological polar surface area (TPSA) is 53.0 Å². The van der Waals surface area contributed by atoms with Crippen molar-refractivity contribution in [3.63, 3.8) is 0 Å². The summed E-state index contributed by atoms with van der Waals surface area (Å²) in [6.07, 6.45) is 0.926. The van der Waals surface area contributed by atoms with Gasteiger partial charge >= 0.3 is 5.97 Å². The van der Waals surface area contributed by atoms with Crippen molar-refractivity contribution in [3.05, 3.63) is 59.9 Å². The summed E-state index contributed by atoms with van der Waals surface area (Å²) in [7, 11) is 0. The maximum absolute atomic E-state index is 13.0. The van der Waals surface area contributed by atoms with Crippen molar-refractivity contribution in [2.75, 3.05) is 37.6 Å². The second kappa shape index (κ2) is 9.37. The Labute approximate surface area is 159 Å². The van der Waals surface area contributed by atoms with Gasteiger partial charge in [-0.3, -0.25) is 9.69 Å². The Morgan fingerprint density at radius 1 is 1.07 bits per heavy atom. The molecular weight excluding hydrogens is 347 g/mol. The van der Waals surface area contributed by atoms with E-state index in [0.717, 1.165) is 49.7 Å². The molecule has 0 radical (unpaired) electrons. The molecule has 1 fully saturated rings. The molecule has 2 aromatic rings. The van der Waals surface area contributed by atoms with Gasteiger partial charge in [-0.2, -0.15) is 0 Å². The van der Waals surface area contributed by atoms with Gasteiger partial charge in [0, 0.05) is 44.4 Å². The van der Waals surface area contributed by atoms with Crippen molar-refractivity contribution >= 4 is 11.7 Å². The van der Waals surface area contributed by atoms with Gasteiger partial charge in [0.2, 0.25) is 0 Å². The molecule has 2 aromatic carbocycles. The van der Waals surface area contributed by atoms with Gasteiger partial charge in [0.1, 0.15) is 18.2 Å². The van der Waals surface area contributed by atoms with Crippen LogP contribution in [0.4, 0.5) is 10.1 Å². The lowest BCUT2D eigenvalue weighted by molar-refractivity contribution is -0.137. The monoisotopic (exact) mass is 372 g/mol. The summed E-state index contributed by atoms with van der Waals surface area (Å²) in [5.74, 6) is -0.186. The zero-order chi connectivity index (χ0) is 19.1. The fourth-order valence-corrected chi connectivity index (χ4v) is 3.20. The third-order valence-electron chi connectivity index (χ3n) is 4.74. The molecular formula is C21H25FN2O3. The van der Waals surface area contributed by atoms with Gasteiger partial charge in [-0.15, -0.1) is 0 Å². The van der Waals surface area contributed by atoms with Gasteiger partial charge < -0.3 is 14.7 Å². The zero-order valence-electron chi connectivity index (χ0n) is 15.3. The van der Waals surface area contributed by atoms with Gasteiger partial charge in [0.25, 0.3) is 0 Å². The molecule has 1 saturated heterocycles. The Balaban J connectivity index is 1.49. The molecule has 0 aliphatic carbocycles. The molecule has 0 unspecified atom stereocenters. The first kappa shape index (κ1) is 19.2. The third kappa shape index (κ3) is 5.96. The minimum absolute atomic E-state index is 0.230. The van der Waals surface area contributed by atoms with E-state index in [1.165, 1.54) is 12.1 Å². The molecule has 0 amide bonds. The minimum Gasteiger partial charge on any atom is -0.489 e. The highest BCUT2D eigenvalue weighted by Crippen LogP contribution is 2.23. The van der Waals surface area contributed by atoms with Crippen molar-refractivity contribution in [2.24, 2.45) is 0 Å². The Kier molecular flexibility index (Phi) is 6.65. The summed E-state index contributed by atoms with van der Waals surface area (Å²) in [4.78, 5) is 15.2. The van der Waals surface area contributed by atoms with Gasteiger partial charge in [-0.1, -0.05) is 18.2 Å². The first-order chi connectivity index (χ1) is 13.1. The van der Waals surface area contributed by atoms with Crippen LogP contribution in [0.1, 0.15) is 18.4 Å². The van der Waals surface area contributed by atoms with Crippen molar-refractivity contribution in [2.45, 2.75) is 19.4 Å². The number of hydrogen-bond acceptors (Lipinski definition) is 4. The molecule has 1 N–H and O–H groups in total. The summed E-state index contributed by atoms with van der Waals surface area (Å²) < 4.78 is 18.8. The maximum Gasteiger partial charge on any atom is 0.303 e. The van der Waals surface area contributed by atoms with Crippen molar-refractivity contribution in [1.82, 2.24) is 4.90 Å². The van der Waals surface area contributed by atoms with Crippen LogP contribution in [0, 0.1) is 5.82 Å². The number of carbonyl (C=O) groups is 1. The smallest absolute Gasteiger partial charge is 0.303 e. The van der Waals surface area contributed by atoms with Crippen LogP contribution in [0.2, 0.25) is 0 Å². The summed E-state index contributed by atoms with van der Waals surface area (Å²) in [6, 6.07) is 14.3. The van der Waals surface area contributed by atoms with Crippen LogP contribution in [0.5, 0.6) is 5.75 Å². The number of carboxylic acids is 1. The molecule has 5 nitrogen and oxygen atoms in total. The van der Waals surface area contributed by atoms with E-state index in [-0.39, 0.29) is 12.2 Å². The van der Waals surface area contributed by atoms with E-state index >= 15 is 0 Å². The normalized spacial score (nSPS) is 14.9. The maximum atomic E-state index is 13.0. The number of halogens is 1. The fraction of sp³-hybridized carbons (Fsp3) is 0.381. The average Bonchev–Trinajstić information content (AvgIpc) is 2.68. The average molecular weight is 372 g/mol. The Hall–Kier alpha value is -2.60. The van der Waals surface area contributed by atoms with Crippen LogP contribution in [-0.4, -0.2) is 48.7 Å². The number of anilines is 1. The van der Waals surface area contributed by atoms with Gasteiger partial charge in [-0.05, 0) is 42.8 Å². The predicted molar refractivity (Wildman–Crippen MR) is 103 cm³/mol. The van der Waals surface area contributed by atoms with Crippen molar-refractivity contribution in [1.29, 1.82) is 0 Å². The SMILES string of the molecule is O=C(O)CCCN1CCN(c2cccc(OCc3ccc(F)cc3)c2)CC1. The number of carboxylic acid groups (broad SMARTS) is 1. The van der Waals surface area contributed by atoms with E-state index in [1.807, 2.05) is 18.2 Å². The molecule has 27 heavy (non-hydrogen) atoms. The molecule has 0 spiro atoms. The van der Waals surface area contributed by atoms with Crippen LogP contribution >= 0.6 is 0 Å². The highest BCUT2D eigenvalue weighted by molar-refractivity contribution is 5.66. The lowest BCUT2D eigenvalue weighted by atomic mass is 10.2. The molecule has 1 aliphatic rings. The fourth-order valence-electron chi connectivity index (χ4n) is 3.20. The summed E-state index contributed by atoms with van der Waals surface area (Å²) in [5.41, 5.74) is 2.05. The molecule has 6 heteroatoms. The number of aliphatic carboxylic acids is 1. The van der Waals surface area contributed by atoms with Crippen LogP contribution in [0.3, 0.4) is 0 Å². The molecule has 0 bridgehead atoms. The molecule has 0 aromatic heterocycles. The predicted octanol–water partition coefficient (Wildman–Crippen LogP) is 3.39. The van der Waals surface area contributed by atoms with Gasteiger partial charge in [0.15, 0.2) is 0 Å². The highest BCUT2D eigenvalue weighted by Gasteiger charge is 2.17. The number of benzene rings is 2. The first-order valence-corrected chi connectivity index (χ1v) is 9.26. The van der Waals surface area contributed by atoms with Crippen LogP contribution < -0.4 is 9.64 Å². The van der Waals surface area contributed by atoms with E-state index in [0.29, 0.717) is 13.0 Å². The second-order valence-electron chi connectivity index (χ2n) is 6.74. The summed E-state index contributed by atoms with van der Waals surface area (Å²) >= 11 is 0. The molecule has 144 valence electrons. The summed E-state index contributed by atoms with van der Waals surface area (Å²) in [5, 5.41) is 8.73. The highest BCUT2D eigenvalue weighted by atomic mass is 19.1. The zero-order valence-corrected chi connectivity index (χ0v) is 15.3. The first-order valence-electron chi connectivity index (χ1n) is 9.26. The number of ether oxygens (including phenoxy) is 1. The Morgan fingerprint density at radius 3 is 2.52 bits per heavy atom. The Bertz CT molecular complexity index is 743. The standard InChI is InChI=1S/C21H25FN2O3/c22-18-8-6-17(7-9-18)16-27-20-4-1-3-19(15-20)24-13-11-23(12-14-24)10-2-5-21(25)26/h1,3-4,6-9,15H,2,5,10-14,16H2,(H,25,26). The van der Waals surface area contributed by atoms with E-state index in [2.05, 4.69) is 15.9 Å². The molecule has 1 heterocycles. The van der Waals surface area contributed by atoms with Crippen LogP contribution in [0.25, 0.3) is 0 Å². The van der Waals surface area contributed by atoms with E-state index in [1.54, 1.807) is 12.1 Å². The van der Waals surface area contributed by atoms with Gasteiger partial charge in [-0.25, -0.2) is 4.39 Å². The lowest BCUT2D eigenvalue weighted by Gasteiger charge is -2.36. The number of piperazine rings is 1. The number of rotatable bonds is 8. The van der Waals surface area contributed by atoms with Gasteiger partial charge in [0.05, 0.1) is 0 Å². The van der Waals surface area contributed by atoms with Crippen molar-refractivity contribution < 1.29 is 19.0 Å². The van der Waals surface area contributed by atoms with E-state index in [4.69, 9.17) is 9.84 Å². The summed E-state index contributed by atoms with van der Waals surface area (Å²) in [6.45, 7) is 4.92. The second-order valence-corrected chi connectivity index (χ2v) is 6.74. The quantitative estimate of drug-likeness (QED) is 0.770. The van der Waals surface area contributed by atoms with Crippen LogP contribution in [0.15, 0.2) is 48.5 Å². The molecule has 0 atom stereocenters.